The molecule has 0 radical (unpaired) electrons. The lowest BCUT2D eigenvalue weighted by molar-refractivity contribution is -0.143. The molecule has 2 atom stereocenters. The van der Waals surface area contributed by atoms with Gasteiger partial charge in [0.2, 0.25) is 0 Å². The van der Waals surface area contributed by atoms with Gasteiger partial charge in [0.05, 0.1) is 0 Å². The van der Waals surface area contributed by atoms with Crippen LogP contribution in [0.5, 0.6) is 0 Å². The summed E-state index contributed by atoms with van der Waals surface area (Å²) < 4.78 is 5.22. The third-order valence-corrected chi connectivity index (χ3v) is 3.93. The first-order valence-electron chi connectivity index (χ1n) is 7.12. The molecule has 0 bridgehead atoms. The summed E-state index contributed by atoms with van der Waals surface area (Å²) in [5.74, 6) is -0.183. The highest BCUT2D eigenvalue weighted by Gasteiger charge is 2.27. The maximum Gasteiger partial charge on any atom is 0.302 e. The van der Waals surface area contributed by atoms with Gasteiger partial charge in [-0.1, -0.05) is 36.8 Å². The molecule has 0 unspecified atom stereocenters. The average molecular weight is 261 g/mol. The zero-order valence-electron chi connectivity index (χ0n) is 11.8. The minimum Gasteiger partial charge on any atom is -0.464 e. The Bertz CT molecular complexity index is 404. The Hall–Kier alpha value is -1.35. The van der Waals surface area contributed by atoms with E-state index in [1.54, 1.807) is 0 Å². The van der Waals surface area contributed by atoms with Gasteiger partial charge in [0.25, 0.3) is 0 Å². The van der Waals surface area contributed by atoms with Gasteiger partial charge in [-0.15, -0.1) is 0 Å². The maximum absolute atomic E-state index is 11.0. The Morgan fingerprint density at radius 1 is 1.37 bits per heavy atom. The van der Waals surface area contributed by atoms with E-state index in [1.165, 1.54) is 25.3 Å². The molecule has 0 spiro atoms. The molecule has 2 rings (SSSR count). The number of carbonyl (C=O) groups is 1. The summed E-state index contributed by atoms with van der Waals surface area (Å²) in [5.41, 5.74) is 1.33. The average Bonchev–Trinajstić information content (AvgIpc) is 2.45. The van der Waals surface area contributed by atoms with Crippen LogP contribution in [0.3, 0.4) is 0 Å². The zero-order chi connectivity index (χ0) is 13.7. The van der Waals surface area contributed by atoms with Gasteiger partial charge >= 0.3 is 5.97 Å². The van der Waals surface area contributed by atoms with Crippen molar-refractivity contribution in [3.63, 3.8) is 0 Å². The molecule has 0 N–H and O–H groups in total. The van der Waals surface area contributed by atoms with Crippen LogP contribution in [0.2, 0.25) is 0 Å². The third-order valence-electron chi connectivity index (χ3n) is 3.93. The molecule has 3 heteroatoms. The smallest absolute Gasteiger partial charge is 0.302 e. The fourth-order valence-corrected chi connectivity index (χ4v) is 2.85. The first-order chi connectivity index (χ1) is 9.18. The van der Waals surface area contributed by atoms with Gasteiger partial charge in [0.1, 0.15) is 6.61 Å². The predicted octanol–water partition coefficient (Wildman–Crippen LogP) is 3.17. The van der Waals surface area contributed by atoms with Gasteiger partial charge in [-0.3, -0.25) is 9.69 Å². The minimum absolute atomic E-state index is 0.183. The molecule has 3 nitrogen and oxygen atoms in total. The van der Waals surface area contributed by atoms with E-state index in [9.17, 15) is 4.79 Å². The summed E-state index contributed by atoms with van der Waals surface area (Å²) in [6.45, 7) is 5.32. The van der Waals surface area contributed by atoms with Crippen molar-refractivity contribution < 1.29 is 9.53 Å². The third kappa shape index (κ3) is 3.80. The summed E-state index contributed by atoms with van der Waals surface area (Å²) in [5, 5.41) is 0. The Labute approximate surface area is 115 Å². The molecule has 1 aromatic carbocycles. The van der Waals surface area contributed by atoms with Gasteiger partial charge in [-0.25, -0.2) is 0 Å². The van der Waals surface area contributed by atoms with Crippen LogP contribution in [0, 0.1) is 0 Å². The highest BCUT2D eigenvalue weighted by atomic mass is 16.5. The monoisotopic (exact) mass is 261 g/mol. The van der Waals surface area contributed by atoms with Crippen molar-refractivity contribution in [1.29, 1.82) is 0 Å². The second-order valence-corrected chi connectivity index (χ2v) is 5.28. The van der Waals surface area contributed by atoms with E-state index in [4.69, 9.17) is 4.74 Å². The maximum atomic E-state index is 11.0. The standard InChI is InChI=1S/C16H23NO2/c1-13(15-8-4-3-5-9-15)17-11-7-6-10-16(17)12-19-14(2)18/h3-5,8-9,13,16H,6-7,10-12H2,1-2H3/t13-,16-/m1/s1. The second kappa shape index (κ2) is 6.71. The lowest BCUT2D eigenvalue weighted by Crippen LogP contribution is -2.44. The van der Waals surface area contributed by atoms with Crippen molar-refractivity contribution in [2.75, 3.05) is 13.2 Å². The van der Waals surface area contributed by atoms with Crippen LogP contribution in [-0.2, 0) is 9.53 Å². The van der Waals surface area contributed by atoms with Crippen molar-refractivity contribution in [2.45, 2.75) is 45.2 Å². The van der Waals surface area contributed by atoms with Crippen LogP contribution in [-0.4, -0.2) is 30.1 Å². The van der Waals surface area contributed by atoms with Crippen molar-refractivity contribution in [2.24, 2.45) is 0 Å². The Kier molecular flexibility index (Phi) is 4.97. The highest BCUT2D eigenvalue weighted by molar-refractivity contribution is 5.65. The number of rotatable bonds is 4. The number of ether oxygens (including phenoxy) is 1. The fourth-order valence-electron chi connectivity index (χ4n) is 2.85. The number of hydrogen-bond acceptors (Lipinski definition) is 3. The Balaban J connectivity index is 2.04. The van der Waals surface area contributed by atoms with Crippen LogP contribution in [0.1, 0.15) is 44.7 Å². The van der Waals surface area contributed by atoms with Crippen molar-refractivity contribution in [1.82, 2.24) is 4.90 Å². The molecule has 1 aliphatic heterocycles. The SMILES string of the molecule is CC(=O)OC[C@H]1CCCCN1[C@H](C)c1ccccc1. The van der Waals surface area contributed by atoms with Crippen LogP contribution >= 0.6 is 0 Å². The summed E-state index contributed by atoms with van der Waals surface area (Å²) in [6, 6.07) is 11.3. The molecule has 19 heavy (non-hydrogen) atoms. The van der Waals surface area contributed by atoms with E-state index < -0.39 is 0 Å². The molecule has 1 fully saturated rings. The number of nitrogens with zero attached hydrogens (tertiary/aromatic N) is 1. The Morgan fingerprint density at radius 2 is 2.11 bits per heavy atom. The van der Waals surface area contributed by atoms with Gasteiger partial charge in [-0.05, 0) is 31.9 Å². The van der Waals surface area contributed by atoms with Crippen LogP contribution in [0.25, 0.3) is 0 Å². The lowest BCUT2D eigenvalue weighted by atomic mass is 9.97. The van der Waals surface area contributed by atoms with E-state index >= 15 is 0 Å². The Morgan fingerprint density at radius 3 is 2.79 bits per heavy atom. The molecule has 0 aliphatic carbocycles. The normalized spacial score (nSPS) is 21.9. The van der Waals surface area contributed by atoms with Crippen LogP contribution in [0.4, 0.5) is 0 Å². The molecule has 0 amide bonds. The summed E-state index contributed by atoms with van der Waals surface area (Å²) >= 11 is 0. The largest absolute Gasteiger partial charge is 0.464 e. The number of benzene rings is 1. The van der Waals surface area contributed by atoms with Crippen LogP contribution < -0.4 is 0 Å². The molecule has 1 aliphatic rings. The molecule has 1 heterocycles. The number of carbonyl (C=O) groups excluding carboxylic acids is 1. The summed E-state index contributed by atoms with van der Waals surface area (Å²) in [7, 11) is 0. The summed E-state index contributed by atoms with van der Waals surface area (Å²) in [6.07, 6.45) is 3.57. The molecule has 0 aromatic heterocycles. The van der Waals surface area contributed by atoms with Crippen LogP contribution in [0.15, 0.2) is 30.3 Å². The van der Waals surface area contributed by atoms with Gasteiger partial charge in [0, 0.05) is 19.0 Å². The van der Waals surface area contributed by atoms with Gasteiger partial charge < -0.3 is 4.74 Å². The number of hydrogen-bond donors (Lipinski definition) is 0. The van der Waals surface area contributed by atoms with Crippen molar-refractivity contribution in [3.8, 4) is 0 Å². The molecular formula is C16H23NO2. The minimum atomic E-state index is -0.183. The number of likely N-dealkylation sites (tertiary alicyclic amines) is 1. The van der Waals surface area contributed by atoms with Crippen molar-refractivity contribution in [3.05, 3.63) is 35.9 Å². The highest BCUT2D eigenvalue weighted by Crippen LogP contribution is 2.28. The van der Waals surface area contributed by atoms with E-state index in [1.807, 2.05) is 6.07 Å². The molecular weight excluding hydrogens is 238 g/mol. The first kappa shape index (κ1) is 14.1. The topological polar surface area (TPSA) is 29.5 Å². The van der Waals surface area contributed by atoms with E-state index in [0.717, 1.165) is 13.0 Å². The quantitative estimate of drug-likeness (QED) is 0.780. The summed E-state index contributed by atoms with van der Waals surface area (Å²) in [4.78, 5) is 13.5. The first-order valence-corrected chi connectivity index (χ1v) is 7.12. The molecule has 0 saturated carbocycles. The zero-order valence-corrected chi connectivity index (χ0v) is 11.8. The fraction of sp³-hybridized carbons (Fsp3) is 0.562. The van der Waals surface area contributed by atoms with Gasteiger partial charge in [-0.2, -0.15) is 0 Å². The second-order valence-electron chi connectivity index (χ2n) is 5.28. The van der Waals surface area contributed by atoms with E-state index in [2.05, 4.69) is 36.1 Å². The van der Waals surface area contributed by atoms with Crippen molar-refractivity contribution >= 4 is 5.97 Å². The number of esters is 1. The number of piperidine rings is 1. The van der Waals surface area contributed by atoms with E-state index in [-0.39, 0.29) is 5.97 Å². The molecule has 1 aromatic rings. The predicted molar refractivity (Wildman–Crippen MR) is 75.8 cm³/mol. The van der Waals surface area contributed by atoms with E-state index in [0.29, 0.717) is 18.7 Å². The molecule has 1 saturated heterocycles. The van der Waals surface area contributed by atoms with Gasteiger partial charge in [0.15, 0.2) is 0 Å². The molecule has 104 valence electrons. The lowest BCUT2D eigenvalue weighted by Gasteiger charge is -2.39.